The summed E-state index contributed by atoms with van der Waals surface area (Å²) in [7, 11) is 0. The fraction of sp³-hybridized carbons (Fsp3) is 0.714. The summed E-state index contributed by atoms with van der Waals surface area (Å²) in [6.07, 6.45) is 1.85. The van der Waals surface area contributed by atoms with E-state index >= 15 is 0 Å². The van der Waals surface area contributed by atoms with Gasteiger partial charge in [0, 0.05) is 32.7 Å². The molecule has 0 bridgehead atoms. The van der Waals surface area contributed by atoms with Gasteiger partial charge < -0.3 is 11.7 Å². The Morgan fingerprint density at radius 1 is 1.22 bits per heavy atom. The van der Waals surface area contributed by atoms with Gasteiger partial charge in [-0.15, -0.1) is 5.41 Å². The maximum atomic E-state index is 9.70. The third-order valence-electron chi connectivity index (χ3n) is 0.306. The number of hydrogen-bond acceptors (Lipinski definition) is 1. The van der Waals surface area contributed by atoms with Crippen LogP contribution < -0.4 is 0 Å². The zero-order valence-electron chi connectivity index (χ0n) is 6.69. The molecule has 1 nitrogen and oxygen atoms in total. The number of rotatable bonds is 0. The van der Waals surface area contributed by atoms with Gasteiger partial charge in [-0.3, -0.25) is 6.29 Å². The van der Waals surface area contributed by atoms with Gasteiger partial charge in [0.15, 0.2) is 0 Å². The van der Waals surface area contributed by atoms with Crippen molar-refractivity contribution in [3.8, 4) is 0 Å². The van der Waals surface area contributed by atoms with Crippen molar-refractivity contribution in [2.24, 2.45) is 5.41 Å². The molecule has 0 saturated carbocycles. The average Bonchev–Trinajstić information content (AvgIpc) is 1.71. The summed E-state index contributed by atoms with van der Waals surface area (Å²) in [5.74, 6) is 0. The van der Waals surface area contributed by atoms with E-state index in [2.05, 4.69) is 6.92 Å². The summed E-state index contributed by atoms with van der Waals surface area (Å²) in [5, 5.41) is 0. The molecule has 0 N–H and O–H groups in total. The Morgan fingerprint density at radius 2 is 1.33 bits per heavy atom. The van der Waals surface area contributed by atoms with E-state index in [1.165, 1.54) is 0 Å². The molecule has 0 atom stereocenters. The van der Waals surface area contributed by atoms with Gasteiger partial charge in [0.05, 0.1) is 0 Å². The largest absolute Gasteiger partial charge is 0.541 e. The molecule has 0 aromatic rings. The molecule has 0 amide bonds. The average molecular weight is 203 g/mol. The normalized spacial score (nSPS) is 8.11. The summed E-state index contributed by atoms with van der Waals surface area (Å²) in [4.78, 5) is 9.70. The van der Waals surface area contributed by atoms with E-state index in [0.29, 0.717) is 0 Å². The molecular weight excluding hydrogens is 189 g/mol. The van der Waals surface area contributed by atoms with Gasteiger partial charge in [0.2, 0.25) is 0 Å². The van der Waals surface area contributed by atoms with Crippen LogP contribution in [-0.4, -0.2) is 6.29 Å². The van der Waals surface area contributed by atoms with E-state index in [0.717, 1.165) is 0 Å². The van der Waals surface area contributed by atoms with Gasteiger partial charge in [0.25, 0.3) is 0 Å². The smallest absolute Gasteiger partial charge is 0 e. The van der Waals surface area contributed by atoms with Crippen molar-refractivity contribution in [3.63, 3.8) is 0 Å². The van der Waals surface area contributed by atoms with E-state index < -0.39 is 0 Å². The van der Waals surface area contributed by atoms with Crippen LogP contribution in [0.1, 0.15) is 27.7 Å². The fourth-order valence-electron chi connectivity index (χ4n) is 0. The molecule has 1 radical (unpaired) electrons. The van der Waals surface area contributed by atoms with E-state index in [1.807, 2.05) is 27.1 Å². The van der Waals surface area contributed by atoms with Crippen molar-refractivity contribution >= 4 is 6.29 Å². The van der Waals surface area contributed by atoms with Gasteiger partial charge in [-0.05, 0) is 0 Å². The van der Waals surface area contributed by atoms with E-state index in [1.54, 1.807) is 6.92 Å². The molecule has 0 aliphatic carbocycles. The van der Waals surface area contributed by atoms with E-state index in [4.69, 9.17) is 0 Å². The molecule has 0 aliphatic heterocycles. The Hall–Kier alpha value is 0.774. The van der Waals surface area contributed by atoms with Crippen LogP contribution in [0.4, 0.5) is 0 Å². The second-order valence-corrected chi connectivity index (χ2v) is 2.35. The van der Waals surface area contributed by atoms with Crippen molar-refractivity contribution in [1.29, 1.82) is 0 Å². The third kappa shape index (κ3) is 28.3. The van der Waals surface area contributed by atoms with Crippen molar-refractivity contribution in [1.82, 2.24) is 0 Å². The molecule has 0 aromatic carbocycles. The van der Waals surface area contributed by atoms with Gasteiger partial charge >= 0.3 is 0 Å². The van der Waals surface area contributed by atoms with Crippen LogP contribution >= 0.6 is 0 Å². The molecule has 53 valence electrons. The van der Waals surface area contributed by atoms with Gasteiger partial charge in [0.1, 0.15) is 0 Å². The topological polar surface area (TPSA) is 17.1 Å². The van der Waals surface area contributed by atoms with Crippen LogP contribution in [0.15, 0.2) is 0 Å². The second kappa shape index (κ2) is 8.77. The number of carbonyl (C=O) groups excluding carboxylic acids is 1. The fourth-order valence-corrected chi connectivity index (χ4v) is 0. The van der Waals surface area contributed by atoms with Gasteiger partial charge in [-0.25, -0.2) is 0 Å². The predicted octanol–water partition coefficient (Wildman–Crippen LogP) is 1.98. The molecule has 0 aromatic heterocycles. The zero-order valence-corrected chi connectivity index (χ0v) is 9.53. The first-order valence-corrected chi connectivity index (χ1v) is 2.66. The van der Waals surface area contributed by atoms with Crippen LogP contribution in [0.25, 0.3) is 0 Å². The molecule has 0 fully saturated rings. The summed E-state index contributed by atoms with van der Waals surface area (Å²) >= 11 is 0. The Balaban J connectivity index is -0.000000109. The van der Waals surface area contributed by atoms with Crippen molar-refractivity contribution in [2.45, 2.75) is 27.7 Å². The second-order valence-electron chi connectivity index (χ2n) is 2.35. The predicted molar refractivity (Wildman–Crippen MR) is 36.2 cm³/mol. The van der Waals surface area contributed by atoms with E-state index in [-0.39, 0.29) is 38.1 Å². The molecule has 0 heterocycles. The molecular formula is C7H14OY-2. The summed E-state index contributed by atoms with van der Waals surface area (Å²) in [5.41, 5.74) is -0.264. The zero-order chi connectivity index (χ0) is 7.21. The number of hydrogen-bond donors (Lipinski definition) is 0. The monoisotopic (exact) mass is 203 g/mol. The van der Waals surface area contributed by atoms with Crippen LogP contribution in [0, 0.1) is 12.3 Å². The standard InChI is InChI=1S/C5H9O.C2H5.Y/c1-5(2,3)4-6;1-2;/h1-3H3;1H2,2H3;/q2*-1;. The molecule has 0 rings (SSSR count). The van der Waals surface area contributed by atoms with Gasteiger partial charge in [-0.2, -0.15) is 6.92 Å². The first-order chi connectivity index (χ1) is 3.56. The Morgan fingerprint density at radius 3 is 1.33 bits per heavy atom. The van der Waals surface area contributed by atoms with Crippen molar-refractivity contribution in [2.75, 3.05) is 0 Å². The molecule has 0 saturated heterocycles. The van der Waals surface area contributed by atoms with Crippen LogP contribution in [0.3, 0.4) is 0 Å². The quantitative estimate of drug-likeness (QED) is 0.550. The Bertz CT molecular complexity index is 54.4. The van der Waals surface area contributed by atoms with E-state index in [9.17, 15) is 4.79 Å². The van der Waals surface area contributed by atoms with Crippen LogP contribution in [0.5, 0.6) is 0 Å². The van der Waals surface area contributed by atoms with Gasteiger partial charge in [-0.1, -0.05) is 20.8 Å². The first kappa shape index (κ1) is 16.4. The minimum Gasteiger partial charge on any atom is -0.541 e. The molecule has 0 spiro atoms. The Labute approximate surface area is 83.5 Å². The maximum absolute atomic E-state index is 9.70. The molecule has 0 unspecified atom stereocenters. The molecule has 9 heavy (non-hydrogen) atoms. The molecule has 2 heteroatoms. The minimum absolute atomic E-state index is 0. The minimum atomic E-state index is -0.264. The Kier molecular flexibility index (Phi) is 16.0. The summed E-state index contributed by atoms with van der Waals surface area (Å²) < 4.78 is 0. The maximum Gasteiger partial charge on any atom is 0 e. The SMILES string of the molecule is CC(C)(C)[C-]=O.[CH2-]C.[Y]. The van der Waals surface area contributed by atoms with Crippen molar-refractivity contribution < 1.29 is 37.5 Å². The molecule has 0 aliphatic rings. The summed E-state index contributed by atoms with van der Waals surface area (Å²) in [6.45, 7) is 10.5. The van der Waals surface area contributed by atoms with Crippen LogP contribution in [0.2, 0.25) is 0 Å². The summed E-state index contributed by atoms with van der Waals surface area (Å²) in [6, 6.07) is 0. The third-order valence-corrected chi connectivity index (χ3v) is 0.306. The first-order valence-electron chi connectivity index (χ1n) is 2.66. The van der Waals surface area contributed by atoms with Crippen molar-refractivity contribution in [3.05, 3.63) is 6.92 Å². The van der Waals surface area contributed by atoms with Crippen LogP contribution in [-0.2, 0) is 37.5 Å².